The predicted octanol–water partition coefficient (Wildman–Crippen LogP) is 4.50. The summed E-state index contributed by atoms with van der Waals surface area (Å²) in [7, 11) is 0. The number of nitrogens with two attached hydrogens (primary N) is 1. The number of nitrogens with zero attached hydrogens (tertiary/aromatic N) is 6. The third-order valence-corrected chi connectivity index (χ3v) is 6.95. The Labute approximate surface area is 232 Å². The number of rotatable bonds is 7. The second-order valence-corrected chi connectivity index (χ2v) is 10.6. The zero-order chi connectivity index (χ0) is 28.3. The number of amides is 1. The lowest BCUT2D eigenvalue weighted by Gasteiger charge is -2.33. The molecule has 3 heterocycles. The molecular weight excluding hydrogens is 506 g/mol. The average molecular weight is 538 g/mol. The summed E-state index contributed by atoms with van der Waals surface area (Å²) in [6.07, 6.45) is 4.47. The van der Waals surface area contributed by atoms with Gasteiger partial charge in [0.2, 0.25) is 0 Å². The molecule has 1 fully saturated rings. The molecule has 2 aromatic heterocycles. The number of ether oxygens (including phenoxy) is 1. The first kappa shape index (κ1) is 26.8. The topological polar surface area (TPSA) is 143 Å². The fourth-order valence-corrected chi connectivity index (χ4v) is 4.84. The van der Waals surface area contributed by atoms with Crippen LogP contribution in [0, 0.1) is 16.7 Å². The number of carbonyl (C=O) groups excluding carboxylic acids is 1. The molecule has 1 aliphatic rings. The van der Waals surface area contributed by atoms with E-state index in [1.807, 2.05) is 65.3 Å². The van der Waals surface area contributed by atoms with Gasteiger partial charge in [-0.2, -0.15) is 10.4 Å². The first-order valence-corrected chi connectivity index (χ1v) is 13.1. The molecule has 10 nitrogen and oxygen atoms in total. The molecule has 0 saturated carbocycles. The zero-order valence-electron chi connectivity index (χ0n) is 22.5. The Morgan fingerprint density at radius 2 is 1.90 bits per heavy atom. The van der Waals surface area contributed by atoms with Crippen LogP contribution >= 0.6 is 0 Å². The molecule has 0 bridgehead atoms. The first-order chi connectivity index (χ1) is 19.3. The lowest BCUT2D eigenvalue weighted by Crippen LogP contribution is -2.41. The zero-order valence-corrected chi connectivity index (χ0v) is 22.5. The summed E-state index contributed by atoms with van der Waals surface area (Å²) in [5.41, 5.74) is 7.72. The molecule has 10 heteroatoms. The molecule has 1 saturated heterocycles. The third-order valence-electron chi connectivity index (χ3n) is 6.95. The number of aliphatic hydroxyl groups excluding tert-OH is 1. The van der Waals surface area contributed by atoms with Gasteiger partial charge in [0.15, 0.2) is 5.65 Å². The van der Waals surface area contributed by atoms with E-state index in [0.29, 0.717) is 41.4 Å². The molecule has 0 aliphatic carbocycles. The largest absolute Gasteiger partial charge is 0.457 e. The van der Waals surface area contributed by atoms with Crippen molar-refractivity contribution in [2.24, 2.45) is 5.41 Å². The number of hydrogen-bond acceptors (Lipinski definition) is 8. The second kappa shape index (κ2) is 11.2. The standard InChI is InChI=1S/C30H31N7O3/c1-30(2,18-38)15-21(16-31)29(39)36-14-6-7-22(17-36)37-28-25(27(32)33-19-34-28)26(35-37)20-10-12-24(13-11-20)40-23-8-4-3-5-9-23/h3-5,8-13,15,19,22,38H,6-7,14,17-18H2,1-2H3,(H2,32,33,34)/b21-15-/t22-/m1/s1. The van der Waals surface area contributed by atoms with Crippen LogP contribution in [0.15, 0.2) is 72.6 Å². The molecule has 0 unspecified atom stereocenters. The number of nitriles is 1. The number of likely N-dealkylation sites (tertiary alicyclic amines) is 1. The van der Waals surface area contributed by atoms with Crippen molar-refractivity contribution in [2.75, 3.05) is 25.4 Å². The van der Waals surface area contributed by atoms with Gasteiger partial charge in [0.1, 0.15) is 41.0 Å². The highest BCUT2D eigenvalue weighted by Crippen LogP contribution is 2.35. The number of aliphatic hydroxyl groups is 1. The second-order valence-electron chi connectivity index (χ2n) is 10.6. The number of anilines is 1. The van der Waals surface area contributed by atoms with Crippen LogP contribution in [0.4, 0.5) is 5.82 Å². The number of aromatic nitrogens is 4. The highest BCUT2D eigenvalue weighted by Gasteiger charge is 2.31. The Bertz CT molecular complexity index is 1590. The Morgan fingerprint density at radius 3 is 2.60 bits per heavy atom. The van der Waals surface area contributed by atoms with Gasteiger partial charge in [-0.1, -0.05) is 38.1 Å². The van der Waals surface area contributed by atoms with E-state index in [2.05, 4.69) is 9.97 Å². The predicted molar refractivity (Wildman–Crippen MR) is 151 cm³/mol. The van der Waals surface area contributed by atoms with E-state index < -0.39 is 5.41 Å². The molecular formula is C30H31N7O3. The summed E-state index contributed by atoms with van der Waals surface area (Å²) in [6, 6.07) is 19.0. The SMILES string of the molecule is CC(C)(/C=C(/C#N)C(=O)N1CCC[C@@H](n2nc(-c3ccc(Oc4ccccc4)cc3)c3c(N)ncnc32)C1)CO. The normalized spacial score (nSPS) is 16.1. The minimum atomic E-state index is -0.681. The summed E-state index contributed by atoms with van der Waals surface area (Å²) in [6.45, 7) is 4.27. The molecule has 5 rings (SSSR count). The first-order valence-electron chi connectivity index (χ1n) is 13.1. The Balaban J connectivity index is 1.45. The number of piperidine rings is 1. The maximum atomic E-state index is 13.3. The minimum absolute atomic E-state index is 0.0232. The Hall–Kier alpha value is -4.75. The highest BCUT2D eigenvalue weighted by atomic mass is 16.5. The Morgan fingerprint density at radius 1 is 1.18 bits per heavy atom. The van der Waals surface area contributed by atoms with E-state index in [-0.39, 0.29) is 24.1 Å². The highest BCUT2D eigenvalue weighted by molar-refractivity contribution is 5.99. The smallest absolute Gasteiger partial charge is 0.264 e. The average Bonchev–Trinajstić information content (AvgIpc) is 3.38. The maximum absolute atomic E-state index is 13.3. The monoisotopic (exact) mass is 537 g/mol. The molecule has 1 atom stereocenters. The van der Waals surface area contributed by atoms with Gasteiger partial charge < -0.3 is 20.5 Å². The summed E-state index contributed by atoms with van der Waals surface area (Å²) < 4.78 is 7.75. The number of nitrogen functional groups attached to an aromatic ring is 1. The Kier molecular flexibility index (Phi) is 7.49. The van der Waals surface area contributed by atoms with Gasteiger partial charge >= 0.3 is 0 Å². The van der Waals surface area contributed by atoms with Crippen LogP contribution in [0.25, 0.3) is 22.3 Å². The van der Waals surface area contributed by atoms with Crippen LogP contribution in [0.1, 0.15) is 32.7 Å². The van der Waals surface area contributed by atoms with E-state index >= 15 is 0 Å². The van der Waals surface area contributed by atoms with Crippen LogP contribution in [0.2, 0.25) is 0 Å². The van der Waals surface area contributed by atoms with Gasteiger partial charge in [0.25, 0.3) is 5.91 Å². The molecule has 0 radical (unpaired) electrons. The van der Waals surface area contributed by atoms with Crippen molar-refractivity contribution < 1.29 is 14.6 Å². The van der Waals surface area contributed by atoms with Crippen LogP contribution < -0.4 is 10.5 Å². The molecule has 0 spiro atoms. The van der Waals surface area contributed by atoms with E-state index in [9.17, 15) is 15.2 Å². The van der Waals surface area contributed by atoms with Gasteiger partial charge in [-0.15, -0.1) is 0 Å². The van der Waals surface area contributed by atoms with Crippen LogP contribution in [-0.4, -0.2) is 55.4 Å². The molecule has 40 heavy (non-hydrogen) atoms. The van der Waals surface area contributed by atoms with Crippen LogP contribution in [0.5, 0.6) is 11.5 Å². The van der Waals surface area contributed by atoms with Crippen molar-refractivity contribution in [1.82, 2.24) is 24.6 Å². The lowest BCUT2D eigenvalue weighted by atomic mass is 9.91. The number of benzene rings is 2. The van der Waals surface area contributed by atoms with Crippen molar-refractivity contribution in [1.29, 1.82) is 5.26 Å². The molecule has 3 N–H and O–H groups in total. The van der Waals surface area contributed by atoms with Gasteiger partial charge in [-0.25, -0.2) is 14.6 Å². The van der Waals surface area contributed by atoms with E-state index in [4.69, 9.17) is 15.6 Å². The van der Waals surface area contributed by atoms with Crippen molar-refractivity contribution in [3.63, 3.8) is 0 Å². The molecule has 2 aromatic carbocycles. The van der Waals surface area contributed by atoms with Gasteiger partial charge in [0.05, 0.1) is 18.0 Å². The number of para-hydroxylation sites is 1. The fourth-order valence-electron chi connectivity index (χ4n) is 4.84. The quantitative estimate of drug-likeness (QED) is 0.259. The summed E-state index contributed by atoms with van der Waals surface area (Å²) in [5.74, 6) is 1.40. The number of hydrogen-bond donors (Lipinski definition) is 2. The van der Waals surface area contributed by atoms with E-state index in [1.165, 1.54) is 6.33 Å². The van der Waals surface area contributed by atoms with Gasteiger partial charge in [-0.3, -0.25) is 4.79 Å². The molecule has 1 amide bonds. The van der Waals surface area contributed by atoms with E-state index in [0.717, 1.165) is 24.2 Å². The summed E-state index contributed by atoms with van der Waals surface area (Å²) in [5, 5.41) is 24.8. The van der Waals surface area contributed by atoms with Crippen molar-refractivity contribution in [3.8, 4) is 28.8 Å². The molecule has 204 valence electrons. The van der Waals surface area contributed by atoms with Crippen molar-refractivity contribution in [2.45, 2.75) is 32.7 Å². The van der Waals surface area contributed by atoms with Gasteiger partial charge in [-0.05, 0) is 49.2 Å². The lowest BCUT2D eigenvalue weighted by molar-refractivity contribution is -0.128. The van der Waals surface area contributed by atoms with Crippen LogP contribution in [0.3, 0.4) is 0 Å². The minimum Gasteiger partial charge on any atom is -0.457 e. The fraction of sp³-hybridized carbons (Fsp3) is 0.300. The summed E-state index contributed by atoms with van der Waals surface area (Å²) in [4.78, 5) is 23.7. The molecule has 4 aromatic rings. The van der Waals surface area contributed by atoms with Gasteiger partial charge in [0, 0.05) is 24.1 Å². The van der Waals surface area contributed by atoms with E-state index in [1.54, 1.807) is 24.8 Å². The number of carbonyl (C=O) groups is 1. The van der Waals surface area contributed by atoms with Crippen molar-refractivity contribution >= 4 is 22.8 Å². The van der Waals surface area contributed by atoms with Crippen LogP contribution in [-0.2, 0) is 4.79 Å². The maximum Gasteiger partial charge on any atom is 0.264 e. The summed E-state index contributed by atoms with van der Waals surface area (Å²) >= 11 is 0. The van der Waals surface area contributed by atoms with Crippen molar-refractivity contribution in [3.05, 3.63) is 72.6 Å². The number of fused-ring (bicyclic) bond motifs is 1. The third kappa shape index (κ3) is 5.51. The molecule has 1 aliphatic heterocycles.